The zero-order valence-corrected chi connectivity index (χ0v) is 14.8. The van der Waals surface area contributed by atoms with Crippen LogP contribution < -0.4 is 10.5 Å². The van der Waals surface area contributed by atoms with Crippen molar-refractivity contribution < 1.29 is 14.3 Å². The van der Waals surface area contributed by atoms with E-state index in [4.69, 9.17) is 4.42 Å². The van der Waals surface area contributed by atoms with Crippen molar-refractivity contribution in [2.75, 3.05) is 19.0 Å². The molecule has 0 radical (unpaired) electrons. The van der Waals surface area contributed by atoms with Gasteiger partial charge in [0.05, 0.1) is 0 Å². The van der Waals surface area contributed by atoms with Gasteiger partial charge < -0.3 is 14.4 Å². The van der Waals surface area contributed by atoms with Crippen LogP contribution in [0.5, 0.6) is 5.75 Å². The highest BCUT2D eigenvalue weighted by Gasteiger charge is 2.17. The molecule has 26 heavy (non-hydrogen) atoms. The lowest BCUT2D eigenvalue weighted by molar-refractivity contribution is 0.104. The third-order valence-corrected chi connectivity index (χ3v) is 4.18. The molecule has 0 aliphatic carbocycles. The van der Waals surface area contributed by atoms with Crippen LogP contribution in [-0.2, 0) is 0 Å². The quantitative estimate of drug-likeness (QED) is 0.441. The molecule has 132 valence electrons. The summed E-state index contributed by atoms with van der Waals surface area (Å²) in [5, 5.41) is 10.8. The molecule has 0 aliphatic heterocycles. The molecule has 5 heteroatoms. The lowest BCUT2D eigenvalue weighted by atomic mass is 10.0. The van der Waals surface area contributed by atoms with Gasteiger partial charge in [0.15, 0.2) is 11.4 Å². The summed E-state index contributed by atoms with van der Waals surface area (Å²) in [6.07, 6.45) is 3.02. The number of allylic oxidation sites excluding steroid dienone is 1. The largest absolute Gasteiger partial charge is 0.507 e. The molecule has 0 saturated carbocycles. The van der Waals surface area contributed by atoms with Gasteiger partial charge in [-0.05, 0) is 48.4 Å². The lowest BCUT2D eigenvalue weighted by Gasteiger charge is -2.11. The molecule has 2 aromatic carbocycles. The van der Waals surface area contributed by atoms with Gasteiger partial charge in [-0.15, -0.1) is 0 Å². The number of fused-ring (bicyclic) bond motifs is 1. The molecule has 3 rings (SSSR count). The smallest absolute Gasteiger partial charge is 0.336 e. The number of nitrogens with zero attached hydrogens (tertiary/aromatic N) is 1. The third-order valence-electron chi connectivity index (χ3n) is 4.18. The van der Waals surface area contributed by atoms with Gasteiger partial charge in [-0.25, -0.2) is 4.79 Å². The maximum atomic E-state index is 12.6. The normalized spacial score (nSPS) is 11.2. The highest BCUT2D eigenvalue weighted by Crippen LogP contribution is 2.29. The van der Waals surface area contributed by atoms with Crippen LogP contribution in [0, 0.1) is 6.92 Å². The van der Waals surface area contributed by atoms with Crippen LogP contribution in [-0.4, -0.2) is 25.0 Å². The number of carbonyl (C=O) groups excluding carboxylic acids is 1. The van der Waals surface area contributed by atoms with Gasteiger partial charge in [-0.2, -0.15) is 0 Å². The first-order chi connectivity index (χ1) is 12.4. The van der Waals surface area contributed by atoms with Gasteiger partial charge in [0.1, 0.15) is 11.3 Å². The predicted molar refractivity (Wildman–Crippen MR) is 103 cm³/mol. The summed E-state index contributed by atoms with van der Waals surface area (Å²) in [6.45, 7) is 1.76. The summed E-state index contributed by atoms with van der Waals surface area (Å²) >= 11 is 0. The van der Waals surface area contributed by atoms with E-state index in [1.807, 2.05) is 43.3 Å². The zero-order chi connectivity index (χ0) is 18.8. The molecule has 0 amide bonds. The van der Waals surface area contributed by atoms with Gasteiger partial charge in [0.25, 0.3) is 0 Å². The molecule has 0 spiro atoms. The van der Waals surface area contributed by atoms with Crippen LogP contribution in [0.1, 0.15) is 21.5 Å². The average Bonchev–Trinajstić information content (AvgIpc) is 2.59. The van der Waals surface area contributed by atoms with E-state index < -0.39 is 11.4 Å². The minimum Gasteiger partial charge on any atom is -0.507 e. The number of benzene rings is 2. The number of aryl methyl sites for hydroxylation is 1. The minimum atomic E-state index is -0.557. The zero-order valence-electron chi connectivity index (χ0n) is 14.8. The SMILES string of the molecule is Cc1cc(=O)oc2c(C(=O)/C=C/c3ccc(N(C)C)cc3)c(O)ccc12. The van der Waals surface area contributed by atoms with E-state index in [1.165, 1.54) is 18.2 Å². The van der Waals surface area contributed by atoms with E-state index in [9.17, 15) is 14.7 Å². The topological polar surface area (TPSA) is 70.8 Å². The Labute approximate surface area is 150 Å². The fourth-order valence-corrected chi connectivity index (χ4v) is 2.75. The van der Waals surface area contributed by atoms with Crippen molar-refractivity contribution >= 4 is 28.5 Å². The van der Waals surface area contributed by atoms with Crippen LogP contribution in [0.25, 0.3) is 17.0 Å². The lowest BCUT2D eigenvalue weighted by Crippen LogP contribution is -2.07. The second-order valence-corrected chi connectivity index (χ2v) is 6.27. The molecule has 0 aliphatic rings. The first-order valence-corrected chi connectivity index (χ1v) is 8.13. The monoisotopic (exact) mass is 349 g/mol. The van der Waals surface area contributed by atoms with E-state index in [0.717, 1.165) is 11.3 Å². The van der Waals surface area contributed by atoms with Crippen LogP contribution in [0.15, 0.2) is 57.8 Å². The number of rotatable bonds is 4. The molecule has 0 fully saturated rings. The van der Waals surface area contributed by atoms with Crippen molar-refractivity contribution in [2.24, 2.45) is 0 Å². The summed E-state index contributed by atoms with van der Waals surface area (Å²) in [4.78, 5) is 26.3. The van der Waals surface area contributed by atoms with E-state index in [0.29, 0.717) is 10.9 Å². The van der Waals surface area contributed by atoms with Crippen LogP contribution in [0.3, 0.4) is 0 Å². The highest BCUT2D eigenvalue weighted by atomic mass is 16.4. The Morgan fingerprint density at radius 3 is 2.46 bits per heavy atom. The number of hydrogen-bond donors (Lipinski definition) is 1. The highest BCUT2D eigenvalue weighted by molar-refractivity contribution is 6.15. The Morgan fingerprint density at radius 2 is 1.81 bits per heavy atom. The molecule has 0 atom stereocenters. The molecule has 0 bridgehead atoms. The Balaban J connectivity index is 1.99. The van der Waals surface area contributed by atoms with Gasteiger partial charge in [0, 0.05) is 31.2 Å². The second-order valence-electron chi connectivity index (χ2n) is 6.27. The maximum absolute atomic E-state index is 12.6. The van der Waals surface area contributed by atoms with Crippen molar-refractivity contribution in [3.05, 3.63) is 75.7 Å². The van der Waals surface area contributed by atoms with E-state index >= 15 is 0 Å². The molecule has 1 N–H and O–H groups in total. The summed E-state index contributed by atoms with van der Waals surface area (Å²) in [5.41, 5.74) is 2.13. The Hall–Kier alpha value is -3.34. The fraction of sp³-hybridized carbons (Fsp3) is 0.143. The first kappa shape index (κ1) is 17.5. The Bertz CT molecular complexity index is 1060. The number of phenolic OH excluding ortho intramolecular Hbond substituents is 1. The summed E-state index contributed by atoms with van der Waals surface area (Å²) in [5.74, 6) is -0.651. The van der Waals surface area contributed by atoms with Crippen molar-refractivity contribution in [1.82, 2.24) is 0 Å². The number of hydrogen-bond acceptors (Lipinski definition) is 5. The molecular weight excluding hydrogens is 330 g/mol. The minimum absolute atomic E-state index is 0.00976. The number of phenols is 1. The van der Waals surface area contributed by atoms with E-state index in [-0.39, 0.29) is 16.9 Å². The summed E-state index contributed by atoms with van der Waals surface area (Å²) in [6, 6.07) is 12.1. The third kappa shape index (κ3) is 3.37. The number of ketones is 1. The number of carbonyl (C=O) groups is 1. The van der Waals surface area contributed by atoms with Gasteiger partial charge in [0.2, 0.25) is 0 Å². The van der Waals surface area contributed by atoms with Crippen LogP contribution >= 0.6 is 0 Å². The molecule has 1 aromatic heterocycles. The maximum Gasteiger partial charge on any atom is 0.336 e. The van der Waals surface area contributed by atoms with Crippen molar-refractivity contribution in [2.45, 2.75) is 6.92 Å². The van der Waals surface area contributed by atoms with Crippen molar-refractivity contribution in [3.8, 4) is 5.75 Å². The average molecular weight is 349 g/mol. The second kappa shape index (κ2) is 6.88. The molecule has 0 saturated heterocycles. The van der Waals surface area contributed by atoms with Crippen molar-refractivity contribution in [1.29, 1.82) is 0 Å². The standard InChI is InChI=1S/C21H19NO4/c1-13-12-19(25)26-21-16(13)9-11-18(24)20(21)17(23)10-6-14-4-7-15(8-5-14)22(2)3/h4-12,24H,1-3H3/b10-6+. The number of aromatic hydroxyl groups is 1. The van der Waals surface area contributed by atoms with E-state index in [2.05, 4.69) is 0 Å². The van der Waals surface area contributed by atoms with Gasteiger partial charge >= 0.3 is 5.63 Å². The van der Waals surface area contributed by atoms with Crippen LogP contribution in [0.2, 0.25) is 0 Å². The number of anilines is 1. The predicted octanol–water partition coefficient (Wildman–Crippen LogP) is 3.77. The van der Waals surface area contributed by atoms with Gasteiger partial charge in [-0.3, -0.25) is 4.79 Å². The molecule has 1 heterocycles. The Kier molecular flexibility index (Phi) is 4.63. The fourth-order valence-electron chi connectivity index (χ4n) is 2.75. The molecular formula is C21H19NO4. The van der Waals surface area contributed by atoms with Gasteiger partial charge in [-0.1, -0.05) is 18.2 Å². The van der Waals surface area contributed by atoms with Crippen LogP contribution in [0.4, 0.5) is 5.69 Å². The first-order valence-electron chi connectivity index (χ1n) is 8.13. The Morgan fingerprint density at radius 1 is 1.12 bits per heavy atom. The van der Waals surface area contributed by atoms with Crippen molar-refractivity contribution in [3.63, 3.8) is 0 Å². The summed E-state index contributed by atoms with van der Waals surface area (Å²) < 4.78 is 5.19. The molecule has 5 nitrogen and oxygen atoms in total. The molecule has 0 unspecified atom stereocenters. The molecule has 3 aromatic rings. The van der Waals surface area contributed by atoms with E-state index in [1.54, 1.807) is 19.1 Å². The summed E-state index contributed by atoms with van der Waals surface area (Å²) in [7, 11) is 3.90.